The minimum atomic E-state index is -0.376. The first-order chi connectivity index (χ1) is 12.2. The maximum atomic E-state index is 12.4. The summed E-state index contributed by atoms with van der Waals surface area (Å²) in [4.78, 5) is 17.1. The maximum absolute atomic E-state index is 12.4. The Kier molecular flexibility index (Phi) is 3.93. The van der Waals surface area contributed by atoms with Crippen molar-refractivity contribution in [3.63, 3.8) is 0 Å². The summed E-state index contributed by atoms with van der Waals surface area (Å²) in [6.07, 6.45) is 3.95. The summed E-state index contributed by atoms with van der Waals surface area (Å²) in [6.45, 7) is 0. The largest absolute Gasteiger partial charge is 0.502 e. The SMILES string of the molecule is COc1ccc(C2=C(O)C(=O)SC3C=Cc4ccccc4C3=N2)cc1. The van der Waals surface area contributed by atoms with E-state index in [0.717, 1.165) is 28.6 Å². The summed E-state index contributed by atoms with van der Waals surface area (Å²) in [6, 6.07) is 15.1. The number of carbonyl (C=O) groups is 1. The third-order valence-corrected chi connectivity index (χ3v) is 5.25. The summed E-state index contributed by atoms with van der Waals surface area (Å²) >= 11 is 1.08. The standard InChI is InChI=1S/C20H15NO3S/c1-24-14-9-6-13(7-10-14)17-19(22)20(23)25-16-11-8-12-4-2-3-5-15(12)18(16)21-17/h2-11,16,22H,1H3. The number of benzene rings is 2. The molecule has 1 N–H and O–H groups in total. The number of nitrogens with zero attached hydrogens (tertiary/aromatic N) is 1. The van der Waals surface area contributed by atoms with Crippen LogP contribution in [0.25, 0.3) is 11.8 Å². The molecule has 4 nitrogen and oxygen atoms in total. The van der Waals surface area contributed by atoms with Gasteiger partial charge in [0.1, 0.15) is 11.4 Å². The van der Waals surface area contributed by atoms with Gasteiger partial charge in [0.25, 0.3) is 5.12 Å². The molecule has 0 amide bonds. The summed E-state index contributed by atoms with van der Waals surface area (Å²) in [5, 5.41) is 9.85. The van der Waals surface area contributed by atoms with E-state index in [2.05, 4.69) is 0 Å². The highest BCUT2D eigenvalue weighted by molar-refractivity contribution is 8.15. The highest BCUT2D eigenvalue weighted by Gasteiger charge is 2.31. The van der Waals surface area contributed by atoms with E-state index < -0.39 is 0 Å². The Labute approximate surface area is 149 Å². The summed E-state index contributed by atoms with van der Waals surface area (Å²) in [5.74, 6) is 0.387. The van der Waals surface area contributed by atoms with Gasteiger partial charge in [0.2, 0.25) is 0 Å². The fourth-order valence-corrected chi connectivity index (χ4v) is 3.81. The number of aliphatic hydroxyl groups is 1. The molecule has 1 unspecified atom stereocenters. The Morgan fingerprint density at radius 2 is 1.88 bits per heavy atom. The maximum Gasteiger partial charge on any atom is 0.257 e. The Bertz CT molecular complexity index is 942. The van der Waals surface area contributed by atoms with E-state index in [1.165, 1.54) is 0 Å². The number of thioether (sulfide) groups is 1. The predicted octanol–water partition coefficient (Wildman–Crippen LogP) is 4.08. The van der Waals surface area contributed by atoms with Crippen molar-refractivity contribution in [2.75, 3.05) is 7.11 Å². The Morgan fingerprint density at radius 3 is 2.64 bits per heavy atom. The van der Waals surface area contributed by atoms with Crippen LogP contribution in [0.15, 0.2) is 65.4 Å². The van der Waals surface area contributed by atoms with Crippen LogP contribution in [0.4, 0.5) is 0 Å². The van der Waals surface area contributed by atoms with Crippen molar-refractivity contribution in [1.82, 2.24) is 0 Å². The number of hydrogen-bond acceptors (Lipinski definition) is 5. The van der Waals surface area contributed by atoms with E-state index in [-0.39, 0.29) is 16.1 Å². The molecular formula is C20H15NO3S. The molecule has 2 aromatic rings. The minimum Gasteiger partial charge on any atom is -0.502 e. The monoisotopic (exact) mass is 349 g/mol. The molecule has 0 radical (unpaired) electrons. The first-order valence-electron chi connectivity index (χ1n) is 7.82. The molecule has 1 atom stereocenters. The minimum absolute atomic E-state index is 0.208. The van der Waals surface area contributed by atoms with Crippen LogP contribution < -0.4 is 4.74 Å². The zero-order chi connectivity index (χ0) is 17.4. The van der Waals surface area contributed by atoms with E-state index in [1.807, 2.05) is 36.4 Å². The van der Waals surface area contributed by atoms with Gasteiger partial charge < -0.3 is 9.84 Å². The number of methoxy groups -OCH3 is 1. The van der Waals surface area contributed by atoms with Gasteiger partial charge in [-0.2, -0.15) is 0 Å². The molecule has 1 aliphatic carbocycles. The van der Waals surface area contributed by atoms with Crippen LogP contribution in [0.3, 0.4) is 0 Å². The highest BCUT2D eigenvalue weighted by Crippen LogP contribution is 2.35. The molecule has 4 rings (SSSR count). The number of ether oxygens (including phenoxy) is 1. The van der Waals surface area contributed by atoms with Crippen LogP contribution in [0.5, 0.6) is 5.75 Å². The zero-order valence-corrected chi connectivity index (χ0v) is 14.3. The van der Waals surface area contributed by atoms with E-state index in [0.29, 0.717) is 17.0 Å². The summed E-state index contributed by atoms with van der Waals surface area (Å²) in [7, 11) is 1.59. The predicted molar refractivity (Wildman–Crippen MR) is 101 cm³/mol. The van der Waals surface area contributed by atoms with Crippen molar-refractivity contribution >= 4 is 34.4 Å². The Hall–Kier alpha value is -2.79. The molecular weight excluding hydrogens is 334 g/mol. The van der Waals surface area contributed by atoms with Crippen LogP contribution in [0.1, 0.15) is 16.7 Å². The van der Waals surface area contributed by atoms with Gasteiger partial charge in [-0.3, -0.25) is 4.79 Å². The van der Waals surface area contributed by atoms with Gasteiger partial charge >= 0.3 is 0 Å². The summed E-state index contributed by atoms with van der Waals surface area (Å²) in [5.41, 5.74) is 3.79. The molecule has 0 aromatic heterocycles. The molecule has 0 saturated carbocycles. The van der Waals surface area contributed by atoms with Crippen LogP contribution in [-0.2, 0) is 4.79 Å². The third-order valence-electron chi connectivity index (χ3n) is 4.20. The average Bonchev–Trinajstić information content (AvgIpc) is 2.79. The van der Waals surface area contributed by atoms with Gasteiger partial charge in [0.15, 0.2) is 5.76 Å². The van der Waals surface area contributed by atoms with Crippen LogP contribution >= 0.6 is 11.8 Å². The molecule has 124 valence electrons. The molecule has 25 heavy (non-hydrogen) atoms. The lowest BCUT2D eigenvalue weighted by Gasteiger charge is -2.19. The van der Waals surface area contributed by atoms with E-state index in [1.54, 1.807) is 31.4 Å². The average molecular weight is 349 g/mol. The van der Waals surface area contributed by atoms with Crippen molar-refractivity contribution in [1.29, 1.82) is 0 Å². The number of hydrogen-bond donors (Lipinski definition) is 1. The number of aliphatic imine (C=N–C) groups is 1. The highest BCUT2D eigenvalue weighted by atomic mass is 32.2. The van der Waals surface area contributed by atoms with Gasteiger partial charge in [-0.25, -0.2) is 4.99 Å². The van der Waals surface area contributed by atoms with Gasteiger partial charge in [-0.05, 0) is 29.8 Å². The van der Waals surface area contributed by atoms with Crippen LogP contribution in [0.2, 0.25) is 0 Å². The quantitative estimate of drug-likeness (QED) is 0.887. The number of carbonyl (C=O) groups excluding carboxylic acids is 1. The number of rotatable bonds is 2. The van der Waals surface area contributed by atoms with Gasteiger partial charge in [0.05, 0.1) is 18.1 Å². The number of fused-ring (bicyclic) bond motifs is 3. The van der Waals surface area contributed by atoms with E-state index >= 15 is 0 Å². The lowest BCUT2D eigenvalue weighted by molar-refractivity contribution is -0.109. The second-order valence-electron chi connectivity index (χ2n) is 5.70. The van der Waals surface area contributed by atoms with Crippen molar-refractivity contribution in [3.05, 3.63) is 77.1 Å². The second-order valence-corrected chi connectivity index (χ2v) is 6.81. The van der Waals surface area contributed by atoms with E-state index in [9.17, 15) is 9.90 Å². The molecule has 0 fully saturated rings. The molecule has 0 saturated heterocycles. The van der Waals surface area contributed by atoms with Gasteiger partial charge in [-0.1, -0.05) is 48.2 Å². The molecule has 1 aliphatic heterocycles. The normalized spacial score (nSPS) is 19.0. The Morgan fingerprint density at radius 1 is 1.12 bits per heavy atom. The fourth-order valence-electron chi connectivity index (χ4n) is 2.92. The fraction of sp³-hybridized carbons (Fsp3) is 0.100. The van der Waals surface area contributed by atoms with Crippen LogP contribution in [-0.4, -0.2) is 28.3 Å². The van der Waals surface area contributed by atoms with Crippen molar-refractivity contribution < 1.29 is 14.6 Å². The third kappa shape index (κ3) is 2.76. The van der Waals surface area contributed by atoms with Crippen molar-refractivity contribution in [3.8, 4) is 5.75 Å². The smallest absolute Gasteiger partial charge is 0.257 e. The van der Waals surface area contributed by atoms with Crippen molar-refractivity contribution in [2.24, 2.45) is 4.99 Å². The molecule has 2 aliphatic rings. The number of aliphatic hydroxyl groups excluding tert-OH is 1. The lowest BCUT2D eigenvalue weighted by atomic mass is 9.95. The molecule has 0 bridgehead atoms. The van der Waals surface area contributed by atoms with E-state index in [4.69, 9.17) is 9.73 Å². The topological polar surface area (TPSA) is 58.9 Å². The molecule has 0 spiro atoms. The Balaban J connectivity index is 1.88. The van der Waals surface area contributed by atoms with Crippen molar-refractivity contribution in [2.45, 2.75) is 5.25 Å². The first kappa shape index (κ1) is 15.7. The zero-order valence-electron chi connectivity index (χ0n) is 13.5. The summed E-state index contributed by atoms with van der Waals surface area (Å²) < 4.78 is 5.17. The van der Waals surface area contributed by atoms with Crippen LogP contribution in [0, 0.1) is 0 Å². The van der Waals surface area contributed by atoms with Gasteiger partial charge in [0, 0.05) is 11.1 Å². The lowest BCUT2D eigenvalue weighted by Crippen LogP contribution is -2.21. The second kappa shape index (κ2) is 6.26. The van der Waals surface area contributed by atoms with Gasteiger partial charge in [-0.15, -0.1) is 0 Å². The molecule has 2 aromatic carbocycles. The molecule has 5 heteroatoms. The molecule has 1 heterocycles. The first-order valence-corrected chi connectivity index (χ1v) is 8.70.